The molecule has 0 aliphatic heterocycles. The fraction of sp³-hybridized carbons (Fsp3) is 0.333. The smallest absolute Gasteiger partial charge is 0.303 e. The second-order valence-electron chi connectivity index (χ2n) is 4.63. The van der Waals surface area contributed by atoms with Crippen molar-refractivity contribution in [2.24, 2.45) is 0 Å². The average molecular weight is 276 g/mol. The van der Waals surface area contributed by atoms with E-state index >= 15 is 0 Å². The summed E-state index contributed by atoms with van der Waals surface area (Å²) in [4.78, 5) is 14.5. The number of rotatable bonds is 7. The number of hydrogen-bond donors (Lipinski definition) is 2. The predicted molar refractivity (Wildman–Crippen MR) is 76.3 cm³/mol. The molecule has 4 nitrogen and oxygen atoms in total. The molecule has 0 saturated heterocycles. The molecule has 20 heavy (non-hydrogen) atoms. The number of aromatic nitrogens is 1. The van der Waals surface area contributed by atoms with Crippen LogP contribution >= 0.6 is 0 Å². The second kappa shape index (κ2) is 6.84. The largest absolute Gasteiger partial charge is 0.481 e. The third kappa shape index (κ3) is 3.66. The Hall–Kier alpha value is -2.17. The van der Waals surface area contributed by atoms with Crippen molar-refractivity contribution in [3.8, 4) is 0 Å². The van der Waals surface area contributed by atoms with Gasteiger partial charge in [-0.3, -0.25) is 4.79 Å². The van der Waals surface area contributed by atoms with Crippen molar-refractivity contribution in [2.75, 3.05) is 11.9 Å². The molecule has 2 aromatic rings. The number of aliphatic carboxylic acids is 1. The van der Waals surface area contributed by atoms with Crippen LogP contribution in [0.15, 0.2) is 30.5 Å². The van der Waals surface area contributed by atoms with Gasteiger partial charge in [-0.1, -0.05) is 18.6 Å². The molecule has 0 amide bonds. The first-order chi connectivity index (χ1) is 9.68. The minimum absolute atomic E-state index is 0.196. The molecule has 2 rings (SSSR count). The number of carboxylic acids is 1. The highest BCUT2D eigenvalue weighted by Crippen LogP contribution is 2.23. The molecule has 0 unspecified atom stereocenters. The molecule has 0 bridgehead atoms. The fourth-order valence-electron chi connectivity index (χ4n) is 2.11. The van der Waals surface area contributed by atoms with Crippen molar-refractivity contribution in [3.05, 3.63) is 36.3 Å². The van der Waals surface area contributed by atoms with Crippen LogP contribution < -0.4 is 5.32 Å². The van der Waals surface area contributed by atoms with E-state index in [1.807, 2.05) is 6.07 Å². The first kappa shape index (κ1) is 14.2. The maximum absolute atomic E-state index is 13.8. The fourth-order valence-corrected chi connectivity index (χ4v) is 2.11. The molecule has 0 saturated carbocycles. The molecule has 0 radical (unpaired) electrons. The quantitative estimate of drug-likeness (QED) is 0.760. The summed E-state index contributed by atoms with van der Waals surface area (Å²) in [5.41, 5.74) is 0. The van der Waals surface area contributed by atoms with Gasteiger partial charge in [-0.25, -0.2) is 9.37 Å². The van der Waals surface area contributed by atoms with E-state index in [2.05, 4.69) is 10.3 Å². The standard InChI is InChI=1S/C15H17FN2O2/c16-12-6-4-5-11-8-10-18-15(14(11)12)17-9-3-1-2-7-13(19)20/h4-6,8,10H,1-3,7,9H2,(H,17,18)(H,19,20). The summed E-state index contributed by atoms with van der Waals surface area (Å²) in [5, 5.41) is 13.0. The van der Waals surface area contributed by atoms with Gasteiger partial charge < -0.3 is 10.4 Å². The van der Waals surface area contributed by atoms with E-state index in [0.29, 0.717) is 24.2 Å². The van der Waals surface area contributed by atoms with E-state index in [9.17, 15) is 9.18 Å². The van der Waals surface area contributed by atoms with Crippen molar-refractivity contribution in [2.45, 2.75) is 25.7 Å². The molecule has 106 valence electrons. The van der Waals surface area contributed by atoms with Gasteiger partial charge in [0.1, 0.15) is 11.6 Å². The number of anilines is 1. The lowest BCUT2D eigenvalue weighted by Crippen LogP contribution is -2.05. The van der Waals surface area contributed by atoms with Crippen molar-refractivity contribution in [1.82, 2.24) is 4.98 Å². The SMILES string of the molecule is O=C(O)CCCCCNc1nccc2cccc(F)c12. The topological polar surface area (TPSA) is 62.2 Å². The number of carbonyl (C=O) groups is 1. The van der Waals surface area contributed by atoms with E-state index in [1.165, 1.54) is 6.07 Å². The molecule has 5 heteroatoms. The lowest BCUT2D eigenvalue weighted by molar-refractivity contribution is -0.137. The van der Waals surface area contributed by atoms with Gasteiger partial charge in [0.05, 0.1) is 5.39 Å². The Morgan fingerprint density at radius 3 is 2.90 bits per heavy atom. The Morgan fingerprint density at radius 1 is 1.25 bits per heavy atom. The Balaban J connectivity index is 1.92. The molecule has 0 aliphatic carbocycles. The number of carboxylic acid groups (broad SMARTS) is 1. The van der Waals surface area contributed by atoms with Gasteiger partial charge >= 0.3 is 5.97 Å². The van der Waals surface area contributed by atoms with E-state index in [4.69, 9.17) is 5.11 Å². The monoisotopic (exact) mass is 276 g/mol. The number of nitrogens with one attached hydrogen (secondary N) is 1. The summed E-state index contributed by atoms with van der Waals surface area (Å²) >= 11 is 0. The zero-order valence-electron chi connectivity index (χ0n) is 11.1. The molecule has 1 heterocycles. The van der Waals surface area contributed by atoms with E-state index in [1.54, 1.807) is 18.3 Å². The third-order valence-electron chi connectivity index (χ3n) is 3.10. The van der Waals surface area contributed by atoms with Crippen LogP contribution in [0.1, 0.15) is 25.7 Å². The summed E-state index contributed by atoms with van der Waals surface area (Å²) in [6, 6.07) is 6.71. The van der Waals surface area contributed by atoms with Crippen LogP contribution in [0.4, 0.5) is 10.2 Å². The minimum atomic E-state index is -0.768. The molecule has 0 spiro atoms. The van der Waals surface area contributed by atoms with Crippen LogP contribution in [-0.2, 0) is 4.79 Å². The molecule has 1 aromatic carbocycles. The first-order valence-electron chi connectivity index (χ1n) is 6.67. The van der Waals surface area contributed by atoms with Crippen molar-refractivity contribution >= 4 is 22.6 Å². The molecular formula is C15H17FN2O2. The van der Waals surface area contributed by atoms with Crippen LogP contribution in [-0.4, -0.2) is 22.6 Å². The number of fused-ring (bicyclic) bond motifs is 1. The van der Waals surface area contributed by atoms with Crippen LogP contribution in [0.5, 0.6) is 0 Å². The summed E-state index contributed by atoms with van der Waals surface area (Å²) in [5.74, 6) is -0.515. The normalized spacial score (nSPS) is 10.7. The van der Waals surface area contributed by atoms with Gasteiger partial charge in [0, 0.05) is 19.2 Å². The Morgan fingerprint density at radius 2 is 2.10 bits per heavy atom. The highest BCUT2D eigenvalue weighted by molar-refractivity contribution is 5.92. The number of benzene rings is 1. The van der Waals surface area contributed by atoms with Gasteiger partial charge in [-0.15, -0.1) is 0 Å². The summed E-state index contributed by atoms with van der Waals surface area (Å²) < 4.78 is 13.8. The summed E-state index contributed by atoms with van der Waals surface area (Å²) in [7, 11) is 0. The lowest BCUT2D eigenvalue weighted by atomic mass is 10.1. The number of unbranched alkanes of at least 4 members (excludes halogenated alkanes) is 2. The number of pyridine rings is 1. The maximum atomic E-state index is 13.8. The number of halogens is 1. The number of nitrogens with zero attached hydrogens (tertiary/aromatic N) is 1. The highest BCUT2D eigenvalue weighted by Gasteiger charge is 2.06. The third-order valence-corrected chi connectivity index (χ3v) is 3.10. The van der Waals surface area contributed by atoms with Gasteiger partial charge in [0.15, 0.2) is 0 Å². The molecule has 2 N–H and O–H groups in total. The average Bonchev–Trinajstić information content (AvgIpc) is 2.42. The Bertz CT molecular complexity index is 596. The number of hydrogen-bond acceptors (Lipinski definition) is 3. The maximum Gasteiger partial charge on any atom is 0.303 e. The predicted octanol–water partition coefficient (Wildman–Crippen LogP) is 3.43. The Kier molecular flexibility index (Phi) is 4.87. The zero-order chi connectivity index (χ0) is 14.4. The van der Waals surface area contributed by atoms with Crippen LogP contribution in [0.2, 0.25) is 0 Å². The molecular weight excluding hydrogens is 259 g/mol. The van der Waals surface area contributed by atoms with E-state index in [0.717, 1.165) is 18.2 Å². The van der Waals surface area contributed by atoms with Gasteiger partial charge in [0.2, 0.25) is 0 Å². The molecule has 1 aromatic heterocycles. The van der Waals surface area contributed by atoms with Crippen molar-refractivity contribution < 1.29 is 14.3 Å². The van der Waals surface area contributed by atoms with Crippen molar-refractivity contribution in [3.63, 3.8) is 0 Å². The van der Waals surface area contributed by atoms with E-state index < -0.39 is 5.97 Å². The lowest BCUT2D eigenvalue weighted by Gasteiger charge is -2.09. The minimum Gasteiger partial charge on any atom is -0.481 e. The zero-order valence-corrected chi connectivity index (χ0v) is 11.1. The Labute approximate surface area is 116 Å². The van der Waals surface area contributed by atoms with Crippen LogP contribution in [0, 0.1) is 5.82 Å². The molecule has 0 atom stereocenters. The summed E-state index contributed by atoms with van der Waals surface area (Å²) in [6.45, 7) is 0.653. The van der Waals surface area contributed by atoms with Gasteiger partial charge in [-0.05, 0) is 30.4 Å². The molecule has 0 fully saturated rings. The summed E-state index contributed by atoms with van der Waals surface area (Å²) in [6.07, 6.45) is 4.16. The van der Waals surface area contributed by atoms with Crippen molar-refractivity contribution in [1.29, 1.82) is 0 Å². The van der Waals surface area contributed by atoms with Crippen LogP contribution in [0.25, 0.3) is 10.8 Å². The molecule has 0 aliphatic rings. The first-order valence-corrected chi connectivity index (χ1v) is 6.67. The second-order valence-corrected chi connectivity index (χ2v) is 4.63. The highest BCUT2D eigenvalue weighted by atomic mass is 19.1. The van der Waals surface area contributed by atoms with Gasteiger partial charge in [-0.2, -0.15) is 0 Å². The van der Waals surface area contributed by atoms with E-state index in [-0.39, 0.29) is 12.2 Å². The van der Waals surface area contributed by atoms with Gasteiger partial charge in [0.25, 0.3) is 0 Å². The van der Waals surface area contributed by atoms with Crippen LogP contribution in [0.3, 0.4) is 0 Å².